The average Bonchev–Trinajstić information content (AvgIpc) is 3.15. The van der Waals surface area contributed by atoms with E-state index in [1.165, 1.54) is 6.07 Å². The molecule has 0 amide bonds. The lowest BCUT2D eigenvalue weighted by atomic mass is 9.99. The highest BCUT2D eigenvalue weighted by molar-refractivity contribution is 7.91. The zero-order valence-corrected chi connectivity index (χ0v) is 16.1. The van der Waals surface area contributed by atoms with E-state index >= 15 is 0 Å². The van der Waals surface area contributed by atoms with Crippen LogP contribution in [0.15, 0.2) is 56.7 Å². The Labute approximate surface area is 162 Å². The van der Waals surface area contributed by atoms with Crippen molar-refractivity contribution in [2.45, 2.75) is 41.1 Å². The Morgan fingerprint density at radius 1 is 1.08 bits per heavy atom. The molecule has 2 aromatic carbocycles. The highest BCUT2D eigenvalue weighted by atomic mass is 35.5. The van der Waals surface area contributed by atoms with Gasteiger partial charge in [0.25, 0.3) is 0 Å². The Kier molecular flexibility index (Phi) is 4.31. The first kappa shape index (κ1) is 17.9. The van der Waals surface area contributed by atoms with Crippen LogP contribution in [0.1, 0.15) is 30.2 Å². The van der Waals surface area contributed by atoms with Gasteiger partial charge < -0.3 is 9.73 Å². The van der Waals surface area contributed by atoms with Gasteiger partial charge in [0, 0.05) is 34.5 Å². The van der Waals surface area contributed by atoms with E-state index in [-0.39, 0.29) is 28.2 Å². The molecule has 1 N–H and O–H groups in total. The quantitative estimate of drug-likeness (QED) is 0.666. The third-order valence-corrected chi connectivity index (χ3v) is 7.20. The van der Waals surface area contributed by atoms with Crippen LogP contribution in [0.3, 0.4) is 0 Å². The predicted molar refractivity (Wildman–Crippen MR) is 103 cm³/mol. The predicted octanol–water partition coefficient (Wildman–Crippen LogP) is 4.69. The number of halogens is 2. The van der Waals surface area contributed by atoms with Gasteiger partial charge in [-0.2, -0.15) is 0 Å². The molecule has 2 aliphatic heterocycles. The molecule has 26 heavy (non-hydrogen) atoms. The zero-order valence-electron chi connectivity index (χ0n) is 13.7. The Hall–Kier alpha value is -1.53. The maximum absolute atomic E-state index is 13.0. The standard InChI is InChI=1S/C19H16ClNO3S.ClH/c20-11-2-1-3-13(8-11)25(22,23)14-5-7-17-15(10-14)19-16-6-4-12(21-16)9-18(19)24-17;/h1-3,5,7-8,10,12,16,21H,4,6,9H2;1H. The summed E-state index contributed by atoms with van der Waals surface area (Å²) in [6, 6.07) is 12.2. The van der Waals surface area contributed by atoms with E-state index in [2.05, 4.69) is 5.32 Å². The molecule has 1 aromatic heterocycles. The van der Waals surface area contributed by atoms with Crippen molar-refractivity contribution in [2.24, 2.45) is 0 Å². The summed E-state index contributed by atoms with van der Waals surface area (Å²) in [4.78, 5) is 0.474. The van der Waals surface area contributed by atoms with Crippen LogP contribution in [0.4, 0.5) is 0 Å². The summed E-state index contributed by atoms with van der Waals surface area (Å²) in [5.74, 6) is 0.999. The van der Waals surface area contributed by atoms with Crippen molar-refractivity contribution in [3.63, 3.8) is 0 Å². The first-order valence-corrected chi connectivity index (χ1v) is 10.2. The minimum Gasteiger partial charge on any atom is -0.461 e. The van der Waals surface area contributed by atoms with E-state index < -0.39 is 9.84 Å². The average molecular weight is 410 g/mol. The van der Waals surface area contributed by atoms with Gasteiger partial charge in [0.2, 0.25) is 9.84 Å². The lowest BCUT2D eigenvalue weighted by Gasteiger charge is -2.20. The van der Waals surface area contributed by atoms with Crippen LogP contribution in [-0.4, -0.2) is 14.5 Å². The lowest BCUT2D eigenvalue weighted by Crippen LogP contribution is -2.30. The molecule has 5 rings (SSSR count). The van der Waals surface area contributed by atoms with E-state index in [9.17, 15) is 8.42 Å². The topological polar surface area (TPSA) is 59.3 Å². The molecule has 0 radical (unpaired) electrons. The maximum Gasteiger partial charge on any atom is 0.206 e. The number of rotatable bonds is 2. The molecule has 7 heteroatoms. The molecule has 2 bridgehead atoms. The van der Waals surface area contributed by atoms with Gasteiger partial charge in [-0.05, 0) is 49.2 Å². The minimum absolute atomic E-state index is 0. The summed E-state index contributed by atoms with van der Waals surface area (Å²) in [7, 11) is -3.62. The lowest BCUT2D eigenvalue weighted by molar-refractivity contribution is 0.441. The van der Waals surface area contributed by atoms with Crippen molar-refractivity contribution in [1.82, 2.24) is 5.32 Å². The Morgan fingerprint density at radius 3 is 2.69 bits per heavy atom. The van der Waals surface area contributed by atoms with Crippen molar-refractivity contribution in [3.8, 4) is 0 Å². The molecular weight excluding hydrogens is 393 g/mol. The van der Waals surface area contributed by atoms with Crippen LogP contribution in [0.25, 0.3) is 11.0 Å². The highest BCUT2D eigenvalue weighted by Gasteiger charge is 2.36. The molecule has 4 nitrogen and oxygen atoms in total. The second kappa shape index (κ2) is 6.27. The summed E-state index contributed by atoms with van der Waals surface area (Å²) in [6.07, 6.45) is 3.07. The second-order valence-corrected chi connectivity index (χ2v) is 9.14. The fourth-order valence-electron chi connectivity index (χ4n) is 4.05. The van der Waals surface area contributed by atoms with E-state index in [1.54, 1.807) is 36.4 Å². The summed E-state index contributed by atoms with van der Waals surface area (Å²) in [5.41, 5.74) is 1.89. The fraction of sp³-hybridized carbons (Fsp3) is 0.263. The Bertz CT molecular complexity index is 1110. The van der Waals surface area contributed by atoms with Gasteiger partial charge in [-0.1, -0.05) is 17.7 Å². The fourth-order valence-corrected chi connectivity index (χ4v) is 5.64. The molecule has 3 heterocycles. The van der Waals surface area contributed by atoms with Crippen molar-refractivity contribution in [2.75, 3.05) is 0 Å². The van der Waals surface area contributed by atoms with Gasteiger partial charge in [0.1, 0.15) is 11.3 Å². The van der Waals surface area contributed by atoms with Gasteiger partial charge in [0.15, 0.2) is 0 Å². The maximum atomic E-state index is 13.0. The molecule has 0 spiro atoms. The van der Waals surface area contributed by atoms with Crippen LogP contribution in [0, 0.1) is 0 Å². The van der Waals surface area contributed by atoms with E-state index in [4.69, 9.17) is 16.0 Å². The number of hydrogen-bond acceptors (Lipinski definition) is 4. The summed E-state index contributed by atoms with van der Waals surface area (Å²) in [6.45, 7) is 0. The van der Waals surface area contributed by atoms with Crippen LogP contribution in [0.2, 0.25) is 5.02 Å². The van der Waals surface area contributed by atoms with E-state index in [1.807, 2.05) is 0 Å². The van der Waals surface area contributed by atoms with Crippen LogP contribution < -0.4 is 5.32 Å². The van der Waals surface area contributed by atoms with Crippen LogP contribution in [-0.2, 0) is 16.3 Å². The second-order valence-electron chi connectivity index (χ2n) is 6.76. The SMILES string of the molecule is Cl.O=S(=O)(c1cccc(Cl)c1)c1ccc2oc3c(c2c1)C1CCC(C3)N1. The van der Waals surface area contributed by atoms with Crippen molar-refractivity contribution in [3.05, 3.63) is 58.8 Å². The molecule has 2 unspecified atom stereocenters. The number of benzene rings is 2. The third kappa shape index (κ3) is 2.65. The molecular formula is C19H17Cl2NO3S. The normalized spacial score (nSPS) is 21.4. The summed E-state index contributed by atoms with van der Waals surface area (Å²) in [5, 5.41) is 4.90. The molecule has 1 saturated heterocycles. The smallest absolute Gasteiger partial charge is 0.206 e. The van der Waals surface area contributed by atoms with Gasteiger partial charge in [0.05, 0.1) is 9.79 Å². The first-order chi connectivity index (χ1) is 12.0. The van der Waals surface area contributed by atoms with E-state index in [0.29, 0.717) is 11.1 Å². The Morgan fingerprint density at radius 2 is 1.88 bits per heavy atom. The van der Waals surface area contributed by atoms with Crippen molar-refractivity contribution >= 4 is 44.8 Å². The molecule has 0 aliphatic carbocycles. The van der Waals surface area contributed by atoms with Crippen LogP contribution >= 0.6 is 24.0 Å². The van der Waals surface area contributed by atoms with Gasteiger partial charge >= 0.3 is 0 Å². The molecule has 3 aromatic rings. The van der Waals surface area contributed by atoms with Gasteiger partial charge in [-0.15, -0.1) is 12.4 Å². The minimum atomic E-state index is -3.62. The zero-order chi connectivity index (χ0) is 17.2. The van der Waals surface area contributed by atoms with Gasteiger partial charge in [-0.3, -0.25) is 0 Å². The number of hydrogen-bond donors (Lipinski definition) is 1. The number of furan rings is 1. The number of nitrogens with one attached hydrogen (secondary N) is 1. The highest BCUT2D eigenvalue weighted by Crippen LogP contribution is 2.42. The largest absolute Gasteiger partial charge is 0.461 e. The molecule has 136 valence electrons. The molecule has 0 saturated carbocycles. The molecule has 1 fully saturated rings. The van der Waals surface area contributed by atoms with E-state index in [0.717, 1.165) is 41.6 Å². The summed E-state index contributed by atoms with van der Waals surface area (Å²) < 4.78 is 32.0. The van der Waals surface area contributed by atoms with Crippen molar-refractivity contribution < 1.29 is 12.8 Å². The molecule has 2 aliphatic rings. The number of sulfone groups is 1. The monoisotopic (exact) mass is 409 g/mol. The first-order valence-electron chi connectivity index (χ1n) is 8.34. The molecule has 2 atom stereocenters. The van der Waals surface area contributed by atoms with Gasteiger partial charge in [-0.25, -0.2) is 8.42 Å². The van der Waals surface area contributed by atoms with Crippen molar-refractivity contribution in [1.29, 1.82) is 0 Å². The third-order valence-electron chi connectivity index (χ3n) is 5.21. The summed E-state index contributed by atoms with van der Waals surface area (Å²) >= 11 is 5.97. The van der Waals surface area contributed by atoms with Crippen LogP contribution in [0.5, 0.6) is 0 Å². The number of fused-ring (bicyclic) bond motifs is 6. The Balaban J connectivity index is 0.00000168.